The summed E-state index contributed by atoms with van der Waals surface area (Å²) in [5.74, 6) is 0.185. The number of hydrogen-bond donors (Lipinski definition) is 2. The average molecular weight is 389 g/mol. The van der Waals surface area contributed by atoms with Gasteiger partial charge in [0.1, 0.15) is 11.4 Å². The van der Waals surface area contributed by atoms with Crippen LogP contribution >= 0.6 is 15.9 Å². The Morgan fingerprint density at radius 3 is 2.52 bits per heavy atom. The topological polar surface area (TPSA) is 50.4 Å². The second-order valence-corrected chi connectivity index (χ2v) is 7.81. The number of carbonyl (C=O) groups is 1. The van der Waals surface area contributed by atoms with E-state index >= 15 is 0 Å². The zero-order valence-corrected chi connectivity index (χ0v) is 16.0. The van der Waals surface area contributed by atoms with E-state index in [1.54, 1.807) is 12.1 Å². The molecule has 0 saturated carbocycles. The van der Waals surface area contributed by atoms with E-state index in [0.717, 1.165) is 4.47 Å². The summed E-state index contributed by atoms with van der Waals surface area (Å²) in [4.78, 5) is 11.7. The van der Waals surface area contributed by atoms with E-state index in [4.69, 9.17) is 4.74 Å². The molecule has 6 heteroatoms. The van der Waals surface area contributed by atoms with Crippen molar-refractivity contribution in [3.63, 3.8) is 0 Å². The molecule has 1 amide bonds. The summed E-state index contributed by atoms with van der Waals surface area (Å²) in [5, 5.41) is 5.89. The molecule has 130 valence electrons. The lowest BCUT2D eigenvalue weighted by molar-refractivity contribution is 0.0516. The highest BCUT2D eigenvalue weighted by atomic mass is 79.9. The number of hydrogen-bond acceptors (Lipinski definition) is 3. The van der Waals surface area contributed by atoms with Gasteiger partial charge in [-0.25, -0.2) is 9.18 Å². The number of ether oxygens (including phenoxy) is 1. The van der Waals surface area contributed by atoms with E-state index in [2.05, 4.69) is 40.4 Å². The summed E-state index contributed by atoms with van der Waals surface area (Å²) in [7, 11) is 0. The fourth-order valence-electron chi connectivity index (χ4n) is 1.95. The Morgan fingerprint density at radius 1 is 1.30 bits per heavy atom. The van der Waals surface area contributed by atoms with Crippen molar-refractivity contribution < 1.29 is 13.9 Å². The highest BCUT2D eigenvalue weighted by molar-refractivity contribution is 9.10. The quantitative estimate of drug-likeness (QED) is 0.735. The number of carbonyl (C=O) groups excluding carboxylic acids is 1. The molecule has 1 atom stereocenters. The molecule has 0 spiro atoms. The molecule has 0 bridgehead atoms. The van der Waals surface area contributed by atoms with Crippen molar-refractivity contribution in [2.45, 2.75) is 40.2 Å². The zero-order chi connectivity index (χ0) is 17.6. The molecule has 1 rings (SSSR count). The highest BCUT2D eigenvalue weighted by Crippen LogP contribution is 2.21. The molecular formula is C17H26BrFN2O2. The van der Waals surface area contributed by atoms with Crippen molar-refractivity contribution >= 4 is 27.7 Å². The number of alkyl carbamates (subject to hydrolysis) is 1. The molecule has 0 saturated heterocycles. The van der Waals surface area contributed by atoms with Gasteiger partial charge in [0.2, 0.25) is 0 Å². The van der Waals surface area contributed by atoms with Gasteiger partial charge < -0.3 is 15.4 Å². The van der Waals surface area contributed by atoms with Crippen molar-refractivity contribution in [1.82, 2.24) is 5.32 Å². The van der Waals surface area contributed by atoms with Gasteiger partial charge in [-0.05, 0) is 50.8 Å². The minimum atomic E-state index is -0.519. The molecule has 0 aliphatic carbocycles. The summed E-state index contributed by atoms with van der Waals surface area (Å²) in [5.41, 5.74) is -0.0722. The van der Waals surface area contributed by atoms with Crippen LogP contribution in [0.3, 0.4) is 0 Å². The minimum absolute atomic E-state index is 0.154. The summed E-state index contributed by atoms with van der Waals surface area (Å²) < 4.78 is 19.8. The smallest absolute Gasteiger partial charge is 0.407 e. The number of amides is 1. The fraction of sp³-hybridized carbons (Fsp3) is 0.588. The first-order chi connectivity index (χ1) is 10.6. The predicted octanol–water partition coefficient (Wildman–Crippen LogP) is 4.80. The van der Waals surface area contributed by atoms with Gasteiger partial charge in [0.25, 0.3) is 0 Å². The first-order valence-corrected chi connectivity index (χ1v) is 8.53. The third kappa shape index (κ3) is 7.68. The summed E-state index contributed by atoms with van der Waals surface area (Å²) in [6, 6.07) is 4.77. The molecule has 1 aromatic rings. The van der Waals surface area contributed by atoms with Crippen LogP contribution in [0.4, 0.5) is 14.9 Å². The van der Waals surface area contributed by atoms with Gasteiger partial charge in [0.15, 0.2) is 0 Å². The summed E-state index contributed by atoms with van der Waals surface area (Å²) in [6.45, 7) is 10.6. The molecule has 0 heterocycles. The Kier molecular flexibility index (Phi) is 7.32. The molecule has 0 radical (unpaired) electrons. The van der Waals surface area contributed by atoms with Gasteiger partial charge in [-0.15, -0.1) is 0 Å². The Bertz CT molecular complexity index is 530. The van der Waals surface area contributed by atoms with Gasteiger partial charge >= 0.3 is 6.09 Å². The Morgan fingerprint density at radius 2 is 1.96 bits per heavy atom. The van der Waals surface area contributed by atoms with Crippen molar-refractivity contribution in [1.29, 1.82) is 0 Å². The Balaban J connectivity index is 2.56. The number of halogens is 2. The van der Waals surface area contributed by atoms with Crippen LogP contribution in [-0.4, -0.2) is 24.8 Å². The molecule has 4 nitrogen and oxygen atoms in total. The predicted molar refractivity (Wildman–Crippen MR) is 95.2 cm³/mol. The monoisotopic (exact) mass is 388 g/mol. The van der Waals surface area contributed by atoms with Gasteiger partial charge in [-0.3, -0.25) is 0 Å². The van der Waals surface area contributed by atoms with E-state index in [-0.39, 0.29) is 11.7 Å². The summed E-state index contributed by atoms with van der Waals surface area (Å²) in [6.07, 6.45) is -0.434. The lowest BCUT2D eigenvalue weighted by Crippen LogP contribution is -2.38. The van der Waals surface area contributed by atoms with Crippen molar-refractivity contribution in [3.05, 3.63) is 28.5 Å². The second-order valence-electron chi connectivity index (χ2n) is 6.89. The molecule has 0 aromatic heterocycles. The average Bonchev–Trinajstić information content (AvgIpc) is 2.40. The largest absolute Gasteiger partial charge is 0.444 e. The van der Waals surface area contributed by atoms with Crippen LogP contribution in [0.2, 0.25) is 0 Å². The Hall–Kier alpha value is -1.30. The SMILES string of the molecule is CC(C)C(CNC(=O)OC(C)(C)C)CNc1cc(Br)ccc1F. The minimum Gasteiger partial charge on any atom is -0.444 e. The molecule has 0 fully saturated rings. The van der Waals surface area contributed by atoms with Crippen molar-refractivity contribution in [2.75, 3.05) is 18.4 Å². The van der Waals surface area contributed by atoms with E-state index in [1.165, 1.54) is 6.07 Å². The van der Waals surface area contributed by atoms with Crippen LogP contribution in [0, 0.1) is 17.7 Å². The molecule has 0 aliphatic heterocycles. The molecule has 23 heavy (non-hydrogen) atoms. The third-order valence-electron chi connectivity index (χ3n) is 3.33. The van der Waals surface area contributed by atoms with Crippen LogP contribution in [0.5, 0.6) is 0 Å². The van der Waals surface area contributed by atoms with Gasteiger partial charge in [0.05, 0.1) is 5.69 Å². The van der Waals surface area contributed by atoms with Crippen LogP contribution in [-0.2, 0) is 4.74 Å². The van der Waals surface area contributed by atoms with E-state index in [0.29, 0.717) is 24.7 Å². The first kappa shape index (κ1) is 19.7. The molecule has 2 N–H and O–H groups in total. The van der Waals surface area contributed by atoms with Crippen LogP contribution < -0.4 is 10.6 Å². The number of rotatable bonds is 6. The van der Waals surface area contributed by atoms with Crippen LogP contribution in [0.1, 0.15) is 34.6 Å². The maximum absolute atomic E-state index is 13.7. The zero-order valence-electron chi connectivity index (χ0n) is 14.4. The van der Waals surface area contributed by atoms with Crippen molar-refractivity contribution in [3.8, 4) is 0 Å². The molecule has 1 aromatic carbocycles. The van der Waals surface area contributed by atoms with Crippen LogP contribution in [0.25, 0.3) is 0 Å². The Labute approximate surface area is 146 Å². The number of benzene rings is 1. The van der Waals surface area contributed by atoms with E-state index < -0.39 is 11.7 Å². The standard InChI is InChI=1S/C17H26BrFN2O2/c1-11(2)12(10-21-16(22)23-17(3,4)5)9-20-15-8-13(18)6-7-14(15)19/h6-8,11-12,20H,9-10H2,1-5H3,(H,21,22). The van der Waals surface area contributed by atoms with Crippen molar-refractivity contribution in [2.24, 2.45) is 11.8 Å². The third-order valence-corrected chi connectivity index (χ3v) is 3.83. The molecule has 0 aliphatic rings. The number of anilines is 1. The first-order valence-electron chi connectivity index (χ1n) is 7.74. The fourth-order valence-corrected chi connectivity index (χ4v) is 2.31. The summed E-state index contributed by atoms with van der Waals surface area (Å²) >= 11 is 3.33. The van der Waals surface area contributed by atoms with Gasteiger partial charge in [-0.2, -0.15) is 0 Å². The lowest BCUT2D eigenvalue weighted by Gasteiger charge is -2.24. The van der Waals surface area contributed by atoms with E-state index in [9.17, 15) is 9.18 Å². The highest BCUT2D eigenvalue weighted by Gasteiger charge is 2.19. The van der Waals surface area contributed by atoms with Crippen LogP contribution in [0.15, 0.2) is 22.7 Å². The normalized spacial score (nSPS) is 12.9. The van der Waals surface area contributed by atoms with Gasteiger partial charge in [0, 0.05) is 17.6 Å². The second kappa shape index (κ2) is 8.52. The lowest BCUT2D eigenvalue weighted by atomic mass is 9.95. The van der Waals surface area contributed by atoms with Gasteiger partial charge in [-0.1, -0.05) is 29.8 Å². The maximum atomic E-state index is 13.7. The molecule has 1 unspecified atom stereocenters. The van der Waals surface area contributed by atoms with E-state index in [1.807, 2.05) is 20.8 Å². The molecular weight excluding hydrogens is 363 g/mol. The maximum Gasteiger partial charge on any atom is 0.407 e. The number of nitrogens with one attached hydrogen (secondary N) is 2.